The lowest BCUT2D eigenvalue weighted by atomic mass is 9.88. The first-order chi connectivity index (χ1) is 13.7. The van der Waals surface area contributed by atoms with Gasteiger partial charge in [0.1, 0.15) is 0 Å². The highest BCUT2D eigenvalue weighted by atomic mass is 16.1. The Morgan fingerprint density at radius 2 is 1.75 bits per heavy atom. The van der Waals surface area contributed by atoms with Gasteiger partial charge in [-0.3, -0.25) is 4.79 Å². The lowest BCUT2D eigenvalue weighted by molar-refractivity contribution is -0.121. The van der Waals surface area contributed by atoms with Crippen LogP contribution in [0.3, 0.4) is 0 Å². The third-order valence-corrected chi connectivity index (χ3v) is 5.84. The number of fused-ring (bicyclic) bond motifs is 1. The molecule has 0 radical (unpaired) electrons. The molecule has 28 heavy (non-hydrogen) atoms. The highest BCUT2D eigenvalue weighted by molar-refractivity contribution is 5.86. The third kappa shape index (κ3) is 4.12. The molecule has 0 spiro atoms. The van der Waals surface area contributed by atoms with Gasteiger partial charge in [0.25, 0.3) is 0 Å². The van der Waals surface area contributed by atoms with E-state index in [2.05, 4.69) is 76.6 Å². The van der Waals surface area contributed by atoms with Crippen molar-refractivity contribution >= 4 is 16.8 Å². The fraction of sp³-hybridized carbons (Fsp3) is 0.375. The quantitative estimate of drug-likeness (QED) is 0.680. The molecular formula is C24H29N3O. The van der Waals surface area contributed by atoms with Crippen LogP contribution in [0.25, 0.3) is 10.9 Å². The summed E-state index contributed by atoms with van der Waals surface area (Å²) >= 11 is 0. The number of nitrogens with zero attached hydrogens (tertiary/aromatic N) is 2. The molecule has 2 aromatic carbocycles. The minimum Gasteiger partial charge on any atom is -0.355 e. The molecule has 1 aliphatic rings. The number of aromatic nitrogens is 1. The SMILES string of the molecule is Cn1cc(C(CC(=O)NCCN2CCCC2)c2ccccc2)c2ccccc21. The fourth-order valence-corrected chi connectivity index (χ4v) is 4.36. The van der Waals surface area contributed by atoms with Gasteiger partial charge in [-0.15, -0.1) is 0 Å². The lowest BCUT2D eigenvalue weighted by Gasteiger charge is -2.18. The summed E-state index contributed by atoms with van der Waals surface area (Å²) in [6.07, 6.45) is 5.22. The molecule has 4 heteroatoms. The summed E-state index contributed by atoms with van der Waals surface area (Å²) in [7, 11) is 2.07. The van der Waals surface area contributed by atoms with Crippen molar-refractivity contribution in [3.8, 4) is 0 Å². The van der Waals surface area contributed by atoms with Gasteiger partial charge in [-0.1, -0.05) is 48.5 Å². The van der Waals surface area contributed by atoms with Gasteiger partial charge < -0.3 is 14.8 Å². The van der Waals surface area contributed by atoms with Crippen molar-refractivity contribution in [1.29, 1.82) is 0 Å². The summed E-state index contributed by atoms with van der Waals surface area (Å²) < 4.78 is 2.16. The summed E-state index contributed by atoms with van der Waals surface area (Å²) in [5.74, 6) is 0.181. The zero-order valence-corrected chi connectivity index (χ0v) is 16.6. The van der Waals surface area contributed by atoms with Gasteiger partial charge in [0.05, 0.1) is 0 Å². The molecule has 1 aliphatic heterocycles. The minimum atomic E-state index is 0.0547. The number of benzene rings is 2. The maximum atomic E-state index is 12.8. The maximum absolute atomic E-state index is 12.8. The third-order valence-electron chi connectivity index (χ3n) is 5.84. The van der Waals surface area contributed by atoms with Crippen LogP contribution in [-0.2, 0) is 11.8 Å². The smallest absolute Gasteiger partial charge is 0.220 e. The molecule has 1 saturated heterocycles. The summed E-state index contributed by atoms with van der Waals surface area (Å²) in [6, 6.07) is 18.8. The Labute approximate surface area is 167 Å². The van der Waals surface area contributed by atoms with Crippen LogP contribution in [0.15, 0.2) is 60.8 Å². The van der Waals surface area contributed by atoms with Crippen molar-refractivity contribution in [3.05, 3.63) is 71.9 Å². The molecule has 0 bridgehead atoms. The monoisotopic (exact) mass is 375 g/mol. The van der Waals surface area contributed by atoms with Crippen molar-refractivity contribution in [3.63, 3.8) is 0 Å². The Morgan fingerprint density at radius 3 is 2.54 bits per heavy atom. The number of amides is 1. The molecule has 4 rings (SSSR count). The van der Waals surface area contributed by atoms with Crippen LogP contribution in [0, 0.1) is 0 Å². The van der Waals surface area contributed by atoms with Gasteiger partial charge in [-0.25, -0.2) is 0 Å². The van der Waals surface area contributed by atoms with Crippen LogP contribution in [0.2, 0.25) is 0 Å². The van der Waals surface area contributed by atoms with Crippen LogP contribution in [0.1, 0.15) is 36.3 Å². The first kappa shape index (κ1) is 18.8. The van der Waals surface area contributed by atoms with E-state index in [-0.39, 0.29) is 11.8 Å². The van der Waals surface area contributed by atoms with Gasteiger partial charge in [0.2, 0.25) is 5.91 Å². The number of nitrogens with one attached hydrogen (secondary N) is 1. The number of hydrogen-bond donors (Lipinski definition) is 1. The van der Waals surface area contributed by atoms with E-state index >= 15 is 0 Å². The number of aryl methyl sites for hydroxylation is 1. The Kier molecular flexibility index (Phi) is 5.77. The second-order valence-corrected chi connectivity index (χ2v) is 7.78. The van der Waals surface area contributed by atoms with Gasteiger partial charge in [-0.2, -0.15) is 0 Å². The molecule has 0 saturated carbocycles. The number of carbonyl (C=O) groups is 1. The van der Waals surface area contributed by atoms with E-state index in [9.17, 15) is 4.79 Å². The summed E-state index contributed by atoms with van der Waals surface area (Å²) in [4.78, 5) is 15.2. The number of rotatable bonds is 7. The normalized spacial score (nSPS) is 15.8. The zero-order valence-electron chi connectivity index (χ0n) is 16.6. The van der Waals surface area contributed by atoms with Crippen molar-refractivity contribution in [1.82, 2.24) is 14.8 Å². The van der Waals surface area contributed by atoms with E-state index in [1.165, 1.54) is 48.0 Å². The summed E-state index contributed by atoms with van der Waals surface area (Å²) in [6.45, 7) is 4.02. The van der Waals surface area contributed by atoms with Crippen molar-refractivity contribution < 1.29 is 4.79 Å². The zero-order chi connectivity index (χ0) is 19.3. The average molecular weight is 376 g/mol. The van der Waals surface area contributed by atoms with E-state index in [0.29, 0.717) is 6.42 Å². The van der Waals surface area contributed by atoms with Crippen LogP contribution >= 0.6 is 0 Å². The van der Waals surface area contributed by atoms with E-state index in [0.717, 1.165) is 13.1 Å². The molecule has 4 nitrogen and oxygen atoms in total. The van der Waals surface area contributed by atoms with Crippen LogP contribution in [-0.4, -0.2) is 41.6 Å². The Morgan fingerprint density at radius 1 is 1.04 bits per heavy atom. The maximum Gasteiger partial charge on any atom is 0.220 e. The molecule has 3 aromatic rings. The van der Waals surface area contributed by atoms with Crippen molar-refractivity contribution in [2.75, 3.05) is 26.2 Å². The lowest BCUT2D eigenvalue weighted by Crippen LogP contribution is -2.34. The molecule has 1 amide bonds. The largest absolute Gasteiger partial charge is 0.355 e. The average Bonchev–Trinajstić information content (AvgIpc) is 3.35. The molecule has 1 fully saturated rings. The standard InChI is InChI=1S/C24H29N3O/c1-26-18-22(20-11-5-6-12-23(20)26)21(19-9-3-2-4-10-19)17-24(28)25-13-16-27-14-7-8-15-27/h2-6,9-12,18,21H,7-8,13-17H2,1H3,(H,25,28). The topological polar surface area (TPSA) is 37.3 Å². The number of likely N-dealkylation sites (tertiary alicyclic amines) is 1. The number of carbonyl (C=O) groups excluding carboxylic acids is 1. The Bertz CT molecular complexity index is 925. The summed E-state index contributed by atoms with van der Waals surface area (Å²) in [5, 5.41) is 4.37. The predicted octanol–water partition coefficient (Wildman–Crippen LogP) is 3.91. The van der Waals surface area contributed by atoms with E-state index in [1.807, 2.05) is 6.07 Å². The van der Waals surface area contributed by atoms with Gasteiger partial charge >= 0.3 is 0 Å². The highest BCUT2D eigenvalue weighted by Crippen LogP contribution is 2.34. The van der Waals surface area contributed by atoms with E-state index < -0.39 is 0 Å². The highest BCUT2D eigenvalue weighted by Gasteiger charge is 2.22. The van der Waals surface area contributed by atoms with E-state index in [4.69, 9.17) is 0 Å². The predicted molar refractivity (Wildman–Crippen MR) is 115 cm³/mol. The van der Waals surface area contributed by atoms with Gasteiger partial charge in [-0.05, 0) is 43.1 Å². The first-order valence-electron chi connectivity index (χ1n) is 10.3. The summed E-state index contributed by atoms with van der Waals surface area (Å²) in [5.41, 5.74) is 3.61. The molecule has 1 atom stereocenters. The number of para-hydroxylation sites is 1. The molecule has 1 N–H and O–H groups in total. The van der Waals surface area contributed by atoms with Crippen molar-refractivity contribution in [2.45, 2.75) is 25.2 Å². The van der Waals surface area contributed by atoms with Crippen LogP contribution < -0.4 is 5.32 Å². The second-order valence-electron chi connectivity index (χ2n) is 7.78. The molecule has 146 valence electrons. The number of hydrogen-bond acceptors (Lipinski definition) is 2. The molecule has 1 aromatic heterocycles. The van der Waals surface area contributed by atoms with E-state index in [1.54, 1.807) is 0 Å². The molecule has 1 unspecified atom stereocenters. The van der Waals surface area contributed by atoms with Gasteiger partial charge in [0, 0.05) is 49.6 Å². The van der Waals surface area contributed by atoms with Crippen LogP contribution in [0.5, 0.6) is 0 Å². The van der Waals surface area contributed by atoms with Gasteiger partial charge in [0.15, 0.2) is 0 Å². The molecule has 2 heterocycles. The Hall–Kier alpha value is -2.59. The Balaban J connectivity index is 1.53. The molecular weight excluding hydrogens is 346 g/mol. The fourth-order valence-electron chi connectivity index (χ4n) is 4.36. The van der Waals surface area contributed by atoms with Crippen LogP contribution in [0.4, 0.5) is 0 Å². The first-order valence-corrected chi connectivity index (χ1v) is 10.3. The molecule has 0 aliphatic carbocycles. The van der Waals surface area contributed by atoms with Crippen molar-refractivity contribution in [2.24, 2.45) is 7.05 Å². The minimum absolute atomic E-state index is 0.0547. The second kappa shape index (κ2) is 8.61.